The number of nitrogens with zero attached hydrogens (tertiary/aromatic N) is 2. The van der Waals surface area contributed by atoms with Crippen LogP contribution in [0.3, 0.4) is 0 Å². The second-order valence-electron chi connectivity index (χ2n) is 4.58. The number of fused-ring (bicyclic) bond motifs is 1. The van der Waals surface area contributed by atoms with E-state index in [9.17, 15) is 0 Å². The van der Waals surface area contributed by atoms with E-state index in [1.807, 2.05) is 24.3 Å². The largest absolute Gasteiger partial charge is 0.464 e. The number of benzene rings is 1. The zero-order valence-corrected chi connectivity index (χ0v) is 11.1. The van der Waals surface area contributed by atoms with E-state index in [4.69, 9.17) is 19.4 Å². The molecule has 3 rings (SSSR count). The fourth-order valence-corrected chi connectivity index (χ4v) is 2.10. The van der Waals surface area contributed by atoms with Crippen LogP contribution >= 0.6 is 0 Å². The van der Waals surface area contributed by atoms with Crippen LogP contribution in [0.4, 0.5) is 0 Å². The van der Waals surface area contributed by atoms with Gasteiger partial charge in [-0.3, -0.25) is 0 Å². The molecule has 0 fully saturated rings. The van der Waals surface area contributed by atoms with Gasteiger partial charge in [0, 0.05) is 25.0 Å². The molecule has 0 saturated heterocycles. The molecule has 1 atom stereocenters. The van der Waals surface area contributed by atoms with Gasteiger partial charge in [-0.05, 0) is 6.07 Å². The van der Waals surface area contributed by atoms with Gasteiger partial charge in [-0.1, -0.05) is 23.4 Å². The summed E-state index contributed by atoms with van der Waals surface area (Å²) in [5.74, 6) is 1.00. The number of para-hydroxylation sites is 1. The first-order valence-corrected chi connectivity index (χ1v) is 6.31. The van der Waals surface area contributed by atoms with Crippen molar-refractivity contribution in [1.82, 2.24) is 10.1 Å². The Balaban J connectivity index is 1.86. The van der Waals surface area contributed by atoms with E-state index in [2.05, 4.69) is 10.1 Å². The highest BCUT2D eigenvalue weighted by Gasteiger charge is 2.15. The van der Waals surface area contributed by atoms with Crippen molar-refractivity contribution >= 4 is 11.0 Å². The molecule has 0 saturated carbocycles. The Kier molecular flexibility index (Phi) is 3.49. The molecule has 1 aromatic carbocycles. The minimum atomic E-state index is -0.158. The topological polar surface area (TPSA) is 87.3 Å². The van der Waals surface area contributed by atoms with Crippen molar-refractivity contribution in [2.75, 3.05) is 13.7 Å². The maximum atomic E-state index is 5.86. The van der Waals surface area contributed by atoms with Crippen LogP contribution in [0.15, 0.2) is 39.5 Å². The van der Waals surface area contributed by atoms with Crippen LogP contribution in [0.25, 0.3) is 22.4 Å². The van der Waals surface area contributed by atoms with Crippen molar-refractivity contribution in [2.24, 2.45) is 5.73 Å². The van der Waals surface area contributed by atoms with Crippen LogP contribution in [-0.4, -0.2) is 29.9 Å². The fraction of sp³-hybridized carbons (Fsp3) is 0.286. The van der Waals surface area contributed by atoms with E-state index in [0.29, 0.717) is 24.7 Å². The molecule has 2 N–H and O–H groups in total. The third-order valence-corrected chi connectivity index (χ3v) is 3.01. The highest BCUT2D eigenvalue weighted by molar-refractivity contribution is 5.91. The summed E-state index contributed by atoms with van der Waals surface area (Å²) in [7, 11) is 1.61. The molecule has 1 unspecified atom stereocenters. The van der Waals surface area contributed by atoms with Gasteiger partial charge in [0.2, 0.25) is 11.7 Å². The van der Waals surface area contributed by atoms with Crippen LogP contribution in [0.2, 0.25) is 0 Å². The van der Waals surface area contributed by atoms with Crippen LogP contribution < -0.4 is 5.73 Å². The summed E-state index contributed by atoms with van der Waals surface area (Å²) in [6.45, 7) is 0.451. The lowest BCUT2D eigenvalue weighted by molar-refractivity contribution is 0.176. The van der Waals surface area contributed by atoms with E-state index in [0.717, 1.165) is 16.5 Å². The number of hydrogen-bond donors (Lipinski definition) is 1. The van der Waals surface area contributed by atoms with Crippen LogP contribution in [-0.2, 0) is 11.2 Å². The molecule has 104 valence electrons. The second kappa shape index (κ2) is 5.44. The molecular weight excluding hydrogens is 258 g/mol. The molecule has 0 radical (unpaired) electrons. The maximum absolute atomic E-state index is 5.86. The van der Waals surface area contributed by atoms with Gasteiger partial charge in [0.25, 0.3) is 0 Å². The van der Waals surface area contributed by atoms with Crippen LogP contribution in [0.5, 0.6) is 0 Å². The molecule has 2 heterocycles. The first kappa shape index (κ1) is 12.8. The second-order valence-corrected chi connectivity index (χ2v) is 4.58. The Morgan fingerprint density at radius 3 is 3.05 bits per heavy atom. The van der Waals surface area contributed by atoms with Gasteiger partial charge >= 0.3 is 0 Å². The van der Waals surface area contributed by atoms with Crippen molar-refractivity contribution in [3.63, 3.8) is 0 Å². The first-order valence-electron chi connectivity index (χ1n) is 6.31. The van der Waals surface area contributed by atoms with Gasteiger partial charge in [0.05, 0.1) is 12.2 Å². The van der Waals surface area contributed by atoms with E-state index in [-0.39, 0.29) is 6.04 Å². The zero-order valence-electron chi connectivity index (χ0n) is 11.1. The lowest BCUT2D eigenvalue weighted by Crippen LogP contribution is -2.28. The zero-order chi connectivity index (χ0) is 13.9. The molecule has 0 bridgehead atoms. The number of aromatic nitrogens is 2. The summed E-state index contributed by atoms with van der Waals surface area (Å²) < 4.78 is 15.7. The molecule has 0 aliphatic heterocycles. The number of methoxy groups -OCH3 is 1. The van der Waals surface area contributed by atoms with E-state index < -0.39 is 0 Å². The fourth-order valence-electron chi connectivity index (χ4n) is 2.10. The van der Waals surface area contributed by atoms with Gasteiger partial charge in [0.15, 0.2) is 0 Å². The van der Waals surface area contributed by atoms with Gasteiger partial charge in [0.1, 0.15) is 11.8 Å². The number of furan rings is 1. The highest BCUT2D eigenvalue weighted by atomic mass is 16.5. The van der Waals surface area contributed by atoms with Crippen LogP contribution in [0.1, 0.15) is 5.89 Å². The van der Waals surface area contributed by atoms with Gasteiger partial charge in [-0.15, -0.1) is 0 Å². The molecule has 0 spiro atoms. The summed E-state index contributed by atoms with van der Waals surface area (Å²) in [6.07, 6.45) is 2.12. The standard InChI is InChI=1S/C14H15N3O3/c1-18-7-9(15)6-13-16-14(17-20-13)11-8-19-12-5-3-2-4-10(11)12/h2-5,8-9H,6-7,15H2,1H3. The number of ether oxygens (including phenoxy) is 1. The predicted octanol–water partition coefficient (Wildman–Crippen LogP) is 2.00. The first-order chi connectivity index (χ1) is 9.78. The minimum Gasteiger partial charge on any atom is -0.464 e. The average molecular weight is 273 g/mol. The molecule has 20 heavy (non-hydrogen) atoms. The summed E-state index contributed by atoms with van der Waals surface area (Å²) in [5.41, 5.74) is 7.48. The quantitative estimate of drug-likeness (QED) is 0.765. The smallest absolute Gasteiger partial charge is 0.228 e. The predicted molar refractivity (Wildman–Crippen MR) is 73.1 cm³/mol. The number of hydrogen-bond acceptors (Lipinski definition) is 6. The number of rotatable bonds is 5. The number of nitrogens with two attached hydrogens (primary N) is 1. The Morgan fingerprint density at radius 2 is 2.20 bits per heavy atom. The van der Waals surface area contributed by atoms with Crippen molar-refractivity contribution < 1.29 is 13.7 Å². The lowest BCUT2D eigenvalue weighted by atomic mass is 10.2. The molecule has 0 aliphatic rings. The highest BCUT2D eigenvalue weighted by Crippen LogP contribution is 2.28. The third kappa shape index (κ3) is 2.43. The van der Waals surface area contributed by atoms with Crippen molar-refractivity contribution in [2.45, 2.75) is 12.5 Å². The Morgan fingerprint density at radius 1 is 1.35 bits per heavy atom. The third-order valence-electron chi connectivity index (χ3n) is 3.01. The lowest BCUT2D eigenvalue weighted by Gasteiger charge is -2.05. The molecule has 0 aliphatic carbocycles. The Hall–Kier alpha value is -2.18. The van der Waals surface area contributed by atoms with Crippen molar-refractivity contribution in [1.29, 1.82) is 0 Å². The molecule has 0 amide bonds. The summed E-state index contributed by atoms with van der Waals surface area (Å²) in [6, 6.07) is 7.56. The van der Waals surface area contributed by atoms with Crippen molar-refractivity contribution in [3.05, 3.63) is 36.4 Å². The Bertz CT molecular complexity index is 704. The van der Waals surface area contributed by atoms with Crippen molar-refractivity contribution in [3.8, 4) is 11.4 Å². The van der Waals surface area contributed by atoms with E-state index in [1.165, 1.54) is 0 Å². The van der Waals surface area contributed by atoms with Gasteiger partial charge < -0.3 is 19.4 Å². The normalized spacial score (nSPS) is 12.9. The molecule has 2 aromatic heterocycles. The van der Waals surface area contributed by atoms with E-state index in [1.54, 1.807) is 13.4 Å². The SMILES string of the molecule is COCC(N)Cc1nc(-c2coc3ccccc23)no1. The van der Waals surface area contributed by atoms with E-state index >= 15 is 0 Å². The van der Waals surface area contributed by atoms with Gasteiger partial charge in [-0.25, -0.2) is 0 Å². The minimum absolute atomic E-state index is 0.158. The monoisotopic (exact) mass is 273 g/mol. The van der Waals surface area contributed by atoms with Gasteiger partial charge in [-0.2, -0.15) is 4.98 Å². The molecular formula is C14H15N3O3. The molecule has 6 nitrogen and oxygen atoms in total. The average Bonchev–Trinajstić information content (AvgIpc) is 3.05. The maximum Gasteiger partial charge on any atom is 0.228 e. The Labute approximate surface area is 115 Å². The molecule has 3 aromatic rings. The summed E-state index contributed by atoms with van der Waals surface area (Å²) >= 11 is 0. The summed E-state index contributed by atoms with van der Waals surface area (Å²) in [4.78, 5) is 4.35. The van der Waals surface area contributed by atoms with Crippen LogP contribution in [0, 0.1) is 0 Å². The summed E-state index contributed by atoms with van der Waals surface area (Å²) in [5, 5.41) is 4.94. The molecule has 6 heteroatoms.